The first-order valence-electron chi connectivity index (χ1n) is 8.88. The molecule has 2 heterocycles. The Morgan fingerprint density at radius 3 is 2.63 bits per heavy atom. The second-order valence-corrected chi connectivity index (χ2v) is 7.25. The van der Waals surface area contributed by atoms with Gasteiger partial charge in [0.15, 0.2) is 5.65 Å². The number of pyridine rings is 1. The lowest BCUT2D eigenvalue weighted by Gasteiger charge is -2.19. The van der Waals surface area contributed by atoms with E-state index in [0.717, 1.165) is 12.5 Å². The van der Waals surface area contributed by atoms with Gasteiger partial charge in [0.1, 0.15) is 5.75 Å². The maximum Gasteiger partial charge on any atom is 0.419 e. The van der Waals surface area contributed by atoms with Crippen LogP contribution in [0.1, 0.15) is 32.8 Å². The molecule has 0 aliphatic carbocycles. The topological polar surface area (TPSA) is 50.8 Å². The number of hydrogen-bond acceptors (Lipinski definition) is 3. The number of H-pyrrole nitrogens is 1. The molecule has 1 aromatic carbocycles. The number of halogens is 3. The van der Waals surface area contributed by atoms with Crippen molar-refractivity contribution in [3.63, 3.8) is 0 Å². The van der Waals surface area contributed by atoms with Gasteiger partial charge in [0.05, 0.1) is 18.4 Å². The fraction of sp³-hybridized carbons (Fsp3) is 0.400. The number of nitrogens with one attached hydrogen (secondary N) is 1. The lowest BCUT2D eigenvalue weighted by Crippen LogP contribution is -2.14. The number of ether oxygens (including phenoxy) is 1. The molecule has 0 saturated heterocycles. The van der Waals surface area contributed by atoms with Gasteiger partial charge in [-0.2, -0.15) is 18.3 Å². The van der Waals surface area contributed by atoms with Gasteiger partial charge in [0, 0.05) is 11.6 Å². The smallest absolute Gasteiger partial charge is 0.419 e. The summed E-state index contributed by atoms with van der Waals surface area (Å²) in [6.07, 6.45) is -0.506. The van der Waals surface area contributed by atoms with Crippen LogP contribution >= 0.6 is 0 Å². The van der Waals surface area contributed by atoms with Gasteiger partial charge in [0.2, 0.25) is 0 Å². The Bertz CT molecular complexity index is 918. The van der Waals surface area contributed by atoms with Crippen molar-refractivity contribution in [1.29, 1.82) is 0 Å². The van der Waals surface area contributed by atoms with Gasteiger partial charge in [-0.25, -0.2) is 4.98 Å². The number of fused-ring (bicyclic) bond motifs is 1. The van der Waals surface area contributed by atoms with Crippen LogP contribution in [-0.4, -0.2) is 21.8 Å². The average molecular weight is 377 g/mol. The summed E-state index contributed by atoms with van der Waals surface area (Å²) in [5, 5.41) is 7.31. The molecule has 0 aliphatic rings. The maximum atomic E-state index is 13.6. The molecule has 0 saturated carbocycles. The first kappa shape index (κ1) is 19.2. The highest BCUT2D eigenvalue weighted by atomic mass is 19.4. The summed E-state index contributed by atoms with van der Waals surface area (Å²) < 4.78 is 46.4. The van der Waals surface area contributed by atoms with E-state index in [9.17, 15) is 13.2 Å². The van der Waals surface area contributed by atoms with Gasteiger partial charge < -0.3 is 4.74 Å². The second kappa shape index (κ2) is 7.58. The molecule has 3 rings (SSSR count). The standard InChI is InChI=1S/C20H22F3N3O/c1-12(2)8-13(3)11-27-18-5-4-14(9-17(18)20(21,22)23)15-6-7-24-19-16(15)10-25-26-19/h4-7,9-10,12-13H,8,11H2,1-3H3,(H,24,25,26). The van der Waals surface area contributed by atoms with E-state index in [1.807, 2.05) is 6.92 Å². The normalized spacial score (nSPS) is 13.3. The van der Waals surface area contributed by atoms with E-state index in [2.05, 4.69) is 29.0 Å². The van der Waals surface area contributed by atoms with Crippen molar-refractivity contribution in [2.75, 3.05) is 6.61 Å². The van der Waals surface area contributed by atoms with Gasteiger partial charge >= 0.3 is 6.18 Å². The summed E-state index contributed by atoms with van der Waals surface area (Å²) in [6, 6.07) is 5.84. The van der Waals surface area contributed by atoms with Crippen molar-refractivity contribution in [3.8, 4) is 16.9 Å². The van der Waals surface area contributed by atoms with Gasteiger partial charge in [-0.15, -0.1) is 0 Å². The van der Waals surface area contributed by atoms with E-state index in [1.165, 1.54) is 6.07 Å². The van der Waals surface area contributed by atoms with Crippen LogP contribution in [-0.2, 0) is 6.18 Å². The fourth-order valence-electron chi connectivity index (χ4n) is 3.25. The van der Waals surface area contributed by atoms with Crippen molar-refractivity contribution < 1.29 is 17.9 Å². The van der Waals surface area contributed by atoms with Crippen molar-refractivity contribution in [1.82, 2.24) is 15.2 Å². The largest absolute Gasteiger partial charge is 0.493 e. The summed E-state index contributed by atoms with van der Waals surface area (Å²) in [7, 11) is 0. The summed E-state index contributed by atoms with van der Waals surface area (Å²) in [5.41, 5.74) is 0.840. The first-order valence-corrected chi connectivity index (χ1v) is 8.88. The Labute approximate surface area is 155 Å². The van der Waals surface area contributed by atoms with Crippen molar-refractivity contribution in [2.24, 2.45) is 11.8 Å². The molecule has 2 aromatic heterocycles. The molecule has 0 bridgehead atoms. The van der Waals surface area contributed by atoms with Crippen LogP contribution in [0.2, 0.25) is 0 Å². The molecule has 144 valence electrons. The van der Waals surface area contributed by atoms with Crippen LogP contribution in [0.4, 0.5) is 13.2 Å². The highest BCUT2D eigenvalue weighted by Crippen LogP contribution is 2.40. The number of aromatic nitrogens is 3. The van der Waals surface area contributed by atoms with E-state index in [4.69, 9.17) is 4.74 Å². The lowest BCUT2D eigenvalue weighted by atomic mass is 9.99. The van der Waals surface area contributed by atoms with Crippen molar-refractivity contribution >= 4 is 11.0 Å². The number of hydrogen-bond donors (Lipinski definition) is 1. The molecule has 1 atom stereocenters. The highest BCUT2D eigenvalue weighted by molar-refractivity contribution is 5.92. The molecule has 7 heteroatoms. The van der Waals surface area contributed by atoms with Crippen LogP contribution in [0.3, 0.4) is 0 Å². The third-order valence-corrected chi connectivity index (χ3v) is 4.35. The van der Waals surface area contributed by atoms with E-state index in [0.29, 0.717) is 28.1 Å². The summed E-state index contributed by atoms with van der Waals surface area (Å²) in [5.74, 6) is 0.507. The summed E-state index contributed by atoms with van der Waals surface area (Å²) in [6.45, 7) is 6.39. The van der Waals surface area contributed by atoms with Crippen LogP contribution in [0.5, 0.6) is 5.75 Å². The molecule has 4 nitrogen and oxygen atoms in total. The quantitative estimate of drug-likeness (QED) is 0.599. The highest BCUT2D eigenvalue weighted by Gasteiger charge is 2.35. The molecule has 1 N–H and O–H groups in total. The molecular weight excluding hydrogens is 355 g/mol. The van der Waals surface area contributed by atoms with Crippen molar-refractivity contribution in [3.05, 3.63) is 42.2 Å². The Balaban J connectivity index is 1.94. The predicted octanol–water partition coefficient (Wildman–Crippen LogP) is 5.70. The minimum absolute atomic E-state index is 0.139. The van der Waals surface area contributed by atoms with Gasteiger partial charge in [-0.3, -0.25) is 5.10 Å². The second-order valence-electron chi connectivity index (χ2n) is 7.25. The molecule has 0 amide bonds. The van der Waals surface area contributed by atoms with E-state index < -0.39 is 11.7 Å². The summed E-state index contributed by atoms with van der Waals surface area (Å²) >= 11 is 0. The van der Waals surface area contributed by atoms with E-state index >= 15 is 0 Å². The number of benzene rings is 1. The molecule has 0 radical (unpaired) electrons. The fourth-order valence-corrected chi connectivity index (χ4v) is 3.25. The Morgan fingerprint density at radius 2 is 1.93 bits per heavy atom. The van der Waals surface area contributed by atoms with E-state index in [-0.39, 0.29) is 18.3 Å². The molecule has 1 unspecified atom stereocenters. The Hall–Kier alpha value is -2.57. The van der Waals surface area contributed by atoms with E-state index in [1.54, 1.807) is 24.5 Å². The zero-order valence-electron chi connectivity index (χ0n) is 15.5. The Morgan fingerprint density at radius 1 is 1.15 bits per heavy atom. The number of aromatic amines is 1. The number of rotatable bonds is 6. The molecular formula is C20H22F3N3O. The number of alkyl halides is 3. The van der Waals surface area contributed by atoms with Crippen LogP contribution < -0.4 is 4.74 Å². The van der Waals surface area contributed by atoms with Gasteiger partial charge in [0.25, 0.3) is 0 Å². The maximum absolute atomic E-state index is 13.6. The van der Waals surface area contributed by atoms with Gasteiger partial charge in [-0.05, 0) is 47.6 Å². The van der Waals surface area contributed by atoms with Gasteiger partial charge in [-0.1, -0.05) is 26.8 Å². The molecule has 27 heavy (non-hydrogen) atoms. The monoisotopic (exact) mass is 377 g/mol. The average Bonchev–Trinajstić information content (AvgIpc) is 3.07. The summed E-state index contributed by atoms with van der Waals surface area (Å²) in [4.78, 5) is 4.12. The molecule has 3 aromatic rings. The zero-order chi connectivity index (χ0) is 19.6. The molecule has 0 aliphatic heterocycles. The van der Waals surface area contributed by atoms with Crippen LogP contribution in [0, 0.1) is 11.8 Å². The first-order chi connectivity index (χ1) is 12.8. The Kier molecular flexibility index (Phi) is 5.39. The SMILES string of the molecule is CC(C)CC(C)COc1ccc(-c2ccnc3[nH]ncc23)cc1C(F)(F)F. The molecule has 0 spiro atoms. The van der Waals surface area contributed by atoms with Crippen molar-refractivity contribution in [2.45, 2.75) is 33.4 Å². The third-order valence-electron chi connectivity index (χ3n) is 4.35. The minimum atomic E-state index is -4.50. The minimum Gasteiger partial charge on any atom is -0.493 e. The van der Waals surface area contributed by atoms with Crippen LogP contribution in [0.25, 0.3) is 22.2 Å². The zero-order valence-corrected chi connectivity index (χ0v) is 15.5. The number of nitrogens with zero attached hydrogens (tertiary/aromatic N) is 2. The predicted molar refractivity (Wildman–Crippen MR) is 98.4 cm³/mol. The molecule has 0 fully saturated rings. The van der Waals surface area contributed by atoms with Crippen LogP contribution in [0.15, 0.2) is 36.7 Å². The third kappa shape index (κ3) is 4.40. The lowest BCUT2D eigenvalue weighted by molar-refractivity contribution is -0.139.